The number of amides is 4. The molecule has 0 aromatic carbocycles. The van der Waals surface area contributed by atoms with Crippen LogP contribution in [0.4, 0.5) is 0 Å². The third-order valence-electron chi connectivity index (χ3n) is 4.33. The third kappa shape index (κ3) is 12.1. The number of rotatable bonds is 16. The Balaban J connectivity index is 5.44. The summed E-state index contributed by atoms with van der Waals surface area (Å²) < 4.78 is 0. The van der Waals surface area contributed by atoms with E-state index in [1.54, 1.807) is 6.26 Å². The fourth-order valence-corrected chi connectivity index (χ4v) is 2.99. The first-order valence-corrected chi connectivity index (χ1v) is 11.3. The molecule has 14 nitrogen and oxygen atoms in total. The molecule has 0 aliphatic rings. The molecule has 0 heterocycles. The second-order valence-corrected chi connectivity index (χ2v) is 8.16. The lowest BCUT2D eigenvalue weighted by Crippen LogP contribution is -2.58. The molecule has 10 N–H and O–H groups in total. The van der Waals surface area contributed by atoms with Crippen molar-refractivity contribution in [3.8, 4) is 0 Å². The summed E-state index contributed by atoms with van der Waals surface area (Å²) in [6, 6.07) is -5.66. The second-order valence-electron chi connectivity index (χ2n) is 7.18. The molecule has 188 valence electrons. The number of thioether (sulfide) groups is 1. The number of carboxylic acids is 2. The lowest BCUT2D eigenvalue weighted by Gasteiger charge is -2.25. The molecule has 15 heteroatoms. The zero-order valence-corrected chi connectivity index (χ0v) is 19.1. The average molecular weight is 494 g/mol. The van der Waals surface area contributed by atoms with Crippen molar-refractivity contribution in [1.29, 1.82) is 0 Å². The molecule has 0 saturated heterocycles. The summed E-state index contributed by atoms with van der Waals surface area (Å²) in [4.78, 5) is 70.7. The molecular formula is C18H31N5O9S. The maximum Gasteiger partial charge on any atom is 0.328 e. The van der Waals surface area contributed by atoms with E-state index in [0.29, 0.717) is 5.75 Å². The van der Waals surface area contributed by atoms with E-state index in [1.165, 1.54) is 18.7 Å². The molecule has 0 aliphatic heterocycles. The van der Waals surface area contributed by atoms with Crippen molar-refractivity contribution in [3.63, 3.8) is 0 Å². The van der Waals surface area contributed by atoms with Crippen molar-refractivity contribution in [2.24, 2.45) is 11.5 Å². The van der Waals surface area contributed by atoms with E-state index >= 15 is 0 Å². The lowest BCUT2D eigenvalue weighted by atomic mass is 10.1. The SMILES string of the molecule is CSCCC(NC(=O)C(CC(N)=O)NC(=O)C(N)CCC(=O)O)C(=O)NC(C(=O)O)C(C)O. The van der Waals surface area contributed by atoms with Crippen LogP contribution in [0.3, 0.4) is 0 Å². The Morgan fingerprint density at radius 1 is 0.909 bits per heavy atom. The zero-order valence-electron chi connectivity index (χ0n) is 18.3. The van der Waals surface area contributed by atoms with Crippen LogP contribution in [0, 0.1) is 0 Å². The van der Waals surface area contributed by atoms with Crippen molar-refractivity contribution in [2.75, 3.05) is 12.0 Å². The minimum Gasteiger partial charge on any atom is -0.481 e. The lowest BCUT2D eigenvalue weighted by molar-refractivity contribution is -0.145. The van der Waals surface area contributed by atoms with Gasteiger partial charge in [0.1, 0.15) is 12.1 Å². The first-order valence-electron chi connectivity index (χ1n) is 9.86. The highest BCUT2D eigenvalue weighted by Crippen LogP contribution is 2.05. The van der Waals surface area contributed by atoms with Gasteiger partial charge >= 0.3 is 11.9 Å². The van der Waals surface area contributed by atoms with Crippen molar-refractivity contribution in [1.82, 2.24) is 16.0 Å². The van der Waals surface area contributed by atoms with E-state index in [4.69, 9.17) is 21.7 Å². The molecule has 4 amide bonds. The van der Waals surface area contributed by atoms with Gasteiger partial charge in [0.2, 0.25) is 23.6 Å². The molecule has 0 saturated carbocycles. The van der Waals surface area contributed by atoms with E-state index in [9.17, 15) is 33.9 Å². The van der Waals surface area contributed by atoms with E-state index in [1.807, 2.05) is 0 Å². The van der Waals surface area contributed by atoms with Gasteiger partial charge in [0.05, 0.1) is 18.6 Å². The van der Waals surface area contributed by atoms with Crippen molar-refractivity contribution < 1.29 is 44.1 Å². The first kappa shape index (κ1) is 30.1. The molecule has 0 spiro atoms. The van der Waals surface area contributed by atoms with Crippen LogP contribution in [0.15, 0.2) is 0 Å². The summed E-state index contributed by atoms with van der Waals surface area (Å²) >= 11 is 1.34. The Labute approximate surface area is 194 Å². The van der Waals surface area contributed by atoms with Gasteiger partial charge in [-0.05, 0) is 31.8 Å². The molecular weight excluding hydrogens is 462 g/mol. The number of nitrogens with one attached hydrogen (secondary N) is 3. The largest absolute Gasteiger partial charge is 0.481 e. The maximum absolute atomic E-state index is 12.7. The molecule has 0 aliphatic carbocycles. The van der Waals surface area contributed by atoms with Gasteiger partial charge in [0.25, 0.3) is 0 Å². The summed E-state index contributed by atoms with van der Waals surface area (Å²) in [5.74, 6) is -5.97. The Kier molecular flexibility index (Phi) is 13.7. The third-order valence-corrected chi connectivity index (χ3v) is 4.98. The van der Waals surface area contributed by atoms with Crippen molar-refractivity contribution >= 4 is 47.3 Å². The zero-order chi connectivity index (χ0) is 25.7. The molecule has 0 aromatic rings. The number of carboxylic acid groups (broad SMARTS) is 2. The molecule has 0 aromatic heterocycles. The van der Waals surface area contributed by atoms with E-state index in [0.717, 1.165) is 0 Å². The van der Waals surface area contributed by atoms with Crippen LogP contribution in [-0.4, -0.2) is 93.2 Å². The molecule has 0 rings (SSSR count). The fourth-order valence-electron chi connectivity index (χ4n) is 2.52. The number of carbonyl (C=O) groups is 6. The molecule has 0 radical (unpaired) electrons. The van der Waals surface area contributed by atoms with Crippen LogP contribution in [0.2, 0.25) is 0 Å². The highest BCUT2D eigenvalue weighted by molar-refractivity contribution is 7.98. The topological polar surface area (TPSA) is 251 Å². The summed E-state index contributed by atoms with van der Waals surface area (Å²) in [5, 5.41) is 34.0. The van der Waals surface area contributed by atoms with E-state index in [2.05, 4.69) is 16.0 Å². The van der Waals surface area contributed by atoms with Crippen LogP contribution in [0.5, 0.6) is 0 Å². The number of nitrogens with two attached hydrogens (primary N) is 2. The quantitative estimate of drug-likeness (QED) is 0.106. The van der Waals surface area contributed by atoms with Crippen LogP contribution in [0.1, 0.15) is 32.6 Å². The smallest absolute Gasteiger partial charge is 0.328 e. The number of primary amides is 1. The maximum atomic E-state index is 12.7. The number of carbonyl (C=O) groups excluding carboxylic acids is 4. The number of hydrogen-bond acceptors (Lipinski definition) is 9. The van der Waals surface area contributed by atoms with Crippen LogP contribution in [0.25, 0.3) is 0 Å². The Bertz CT molecular complexity index is 734. The van der Waals surface area contributed by atoms with Crippen LogP contribution in [-0.2, 0) is 28.8 Å². The predicted molar refractivity (Wildman–Crippen MR) is 117 cm³/mol. The van der Waals surface area contributed by atoms with Gasteiger partial charge in [0, 0.05) is 6.42 Å². The Hall–Kier alpha value is -2.91. The standard InChI is InChI=1S/C18H31N5O9S/c1-8(24)14(18(31)32)23-16(29)10(5-6-33-2)21-17(30)11(7-12(20)25)22-15(28)9(19)3-4-13(26)27/h8-11,14,24H,3-7,19H2,1-2H3,(H2,20,25)(H,21,30)(H,22,28)(H,23,29)(H,26,27)(H,31,32). The van der Waals surface area contributed by atoms with Gasteiger partial charge in [0.15, 0.2) is 6.04 Å². The molecule has 0 bridgehead atoms. The number of aliphatic carboxylic acids is 2. The number of aliphatic hydroxyl groups is 1. The minimum atomic E-state index is -1.63. The Morgan fingerprint density at radius 3 is 1.91 bits per heavy atom. The van der Waals surface area contributed by atoms with Gasteiger partial charge in [-0.1, -0.05) is 0 Å². The monoisotopic (exact) mass is 493 g/mol. The van der Waals surface area contributed by atoms with Gasteiger partial charge in [-0.25, -0.2) is 4.79 Å². The van der Waals surface area contributed by atoms with E-state index < -0.39 is 78.7 Å². The summed E-state index contributed by atoms with van der Waals surface area (Å²) in [6.45, 7) is 1.17. The molecule has 33 heavy (non-hydrogen) atoms. The number of hydrogen-bond donors (Lipinski definition) is 8. The first-order chi connectivity index (χ1) is 15.3. The predicted octanol–water partition coefficient (Wildman–Crippen LogP) is -3.27. The minimum absolute atomic E-state index is 0.0697. The molecule has 5 unspecified atom stereocenters. The van der Waals surface area contributed by atoms with Gasteiger partial charge in [-0.2, -0.15) is 11.8 Å². The van der Waals surface area contributed by atoms with Gasteiger partial charge < -0.3 is 42.7 Å². The van der Waals surface area contributed by atoms with Crippen molar-refractivity contribution in [2.45, 2.75) is 62.9 Å². The summed E-state index contributed by atoms with van der Waals surface area (Å²) in [5.41, 5.74) is 10.7. The number of aliphatic hydroxyl groups excluding tert-OH is 1. The van der Waals surface area contributed by atoms with Crippen LogP contribution >= 0.6 is 11.8 Å². The van der Waals surface area contributed by atoms with Gasteiger partial charge in [-0.3, -0.25) is 24.0 Å². The average Bonchev–Trinajstić information content (AvgIpc) is 2.71. The highest BCUT2D eigenvalue weighted by atomic mass is 32.2. The normalized spacial score (nSPS) is 15.3. The second kappa shape index (κ2) is 15.0. The fraction of sp³-hybridized carbons (Fsp3) is 0.667. The summed E-state index contributed by atoms with van der Waals surface area (Å²) in [7, 11) is 0. The van der Waals surface area contributed by atoms with Gasteiger partial charge in [-0.15, -0.1) is 0 Å². The Morgan fingerprint density at radius 2 is 1.45 bits per heavy atom. The summed E-state index contributed by atoms with van der Waals surface area (Å²) in [6.07, 6.45) is -0.863. The highest BCUT2D eigenvalue weighted by Gasteiger charge is 2.32. The molecule has 5 atom stereocenters. The van der Waals surface area contributed by atoms with Crippen LogP contribution < -0.4 is 27.4 Å². The van der Waals surface area contributed by atoms with Crippen molar-refractivity contribution in [3.05, 3.63) is 0 Å². The van der Waals surface area contributed by atoms with E-state index in [-0.39, 0.29) is 12.8 Å². The molecule has 0 fully saturated rings.